The Morgan fingerprint density at radius 1 is 1.54 bits per heavy atom. The third-order valence-electron chi connectivity index (χ3n) is 1.67. The summed E-state index contributed by atoms with van der Waals surface area (Å²) in [4.78, 5) is 0. The van der Waals surface area contributed by atoms with Crippen LogP contribution in [0.5, 0.6) is 0 Å². The number of thioether (sulfide) groups is 1. The quantitative estimate of drug-likeness (QED) is 0.792. The minimum Gasteiger partial charge on any atom is -0.472 e. The lowest BCUT2D eigenvalue weighted by Gasteiger charge is -2.10. The molecule has 1 aromatic heterocycles. The predicted molar refractivity (Wildman–Crippen MR) is 56.0 cm³/mol. The highest BCUT2D eigenvalue weighted by Crippen LogP contribution is 2.13. The second kappa shape index (κ2) is 5.35. The number of aliphatic hydroxyl groups excluding tert-OH is 1. The Labute approximate surface area is 83.3 Å². The lowest BCUT2D eigenvalue weighted by atomic mass is 10.2. The Morgan fingerprint density at radius 3 is 2.85 bits per heavy atom. The maximum Gasteiger partial charge on any atom is 0.0935 e. The van der Waals surface area contributed by atoms with Gasteiger partial charge in [0.1, 0.15) is 0 Å². The van der Waals surface area contributed by atoms with Crippen LogP contribution in [0.15, 0.2) is 23.0 Å². The fourth-order valence-electron chi connectivity index (χ4n) is 1.04. The summed E-state index contributed by atoms with van der Waals surface area (Å²) in [6, 6.07) is 1.89. The summed E-state index contributed by atoms with van der Waals surface area (Å²) in [6.45, 7) is 4.27. The molecular weight excluding hydrogens is 184 g/mol. The number of rotatable bonds is 5. The zero-order chi connectivity index (χ0) is 9.68. The van der Waals surface area contributed by atoms with Crippen molar-refractivity contribution in [2.45, 2.75) is 31.6 Å². The van der Waals surface area contributed by atoms with Crippen LogP contribution in [0.4, 0.5) is 0 Å². The van der Waals surface area contributed by atoms with Crippen molar-refractivity contribution in [1.29, 1.82) is 0 Å². The third-order valence-corrected chi connectivity index (χ3v) is 2.92. The molecule has 3 heteroatoms. The molecule has 1 rings (SSSR count). The highest BCUT2D eigenvalue weighted by molar-refractivity contribution is 7.99. The normalized spacial score (nSPS) is 13.5. The van der Waals surface area contributed by atoms with Crippen molar-refractivity contribution in [2.24, 2.45) is 0 Å². The van der Waals surface area contributed by atoms with Gasteiger partial charge in [-0.1, -0.05) is 13.8 Å². The lowest BCUT2D eigenvalue weighted by Crippen LogP contribution is -2.14. The summed E-state index contributed by atoms with van der Waals surface area (Å²) >= 11 is 1.78. The van der Waals surface area contributed by atoms with Gasteiger partial charge in [-0.15, -0.1) is 0 Å². The SMILES string of the molecule is CC(C)SCC(O)Cc1ccoc1. The van der Waals surface area contributed by atoms with Gasteiger partial charge in [-0.25, -0.2) is 0 Å². The summed E-state index contributed by atoms with van der Waals surface area (Å²) in [6.07, 6.45) is 3.75. The zero-order valence-electron chi connectivity index (χ0n) is 8.06. The van der Waals surface area contributed by atoms with Crippen LogP contribution in [0.25, 0.3) is 0 Å². The minimum absolute atomic E-state index is 0.259. The van der Waals surface area contributed by atoms with E-state index in [1.807, 2.05) is 6.07 Å². The van der Waals surface area contributed by atoms with Gasteiger partial charge < -0.3 is 9.52 Å². The molecular formula is C10H16O2S. The van der Waals surface area contributed by atoms with E-state index in [2.05, 4.69) is 13.8 Å². The number of hydrogen-bond donors (Lipinski definition) is 1. The highest BCUT2D eigenvalue weighted by Gasteiger charge is 2.07. The largest absolute Gasteiger partial charge is 0.472 e. The van der Waals surface area contributed by atoms with E-state index in [-0.39, 0.29) is 6.10 Å². The van der Waals surface area contributed by atoms with E-state index in [0.29, 0.717) is 11.7 Å². The van der Waals surface area contributed by atoms with Gasteiger partial charge in [-0.3, -0.25) is 0 Å². The molecule has 0 aliphatic rings. The van der Waals surface area contributed by atoms with Crippen molar-refractivity contribution in [3.8, 4) is 0 Å². The van der Waals surface area contributed by atoms with Crippen LogP contribution in [0.3, 0.4) is 0 Å². The molecule has 1 aromatic rings. The van der Waals surface area contributed by atoms with E-state index in [1.54, 1.807) is 24.3 Å². The summed E-state index contributed by atoms with van der Waals surface area (Å²) in [5, 5.41) is 10.2. The van der Waals surface area contributed by atoms with E-state index in [9.17, 15) is 5.11 Å². The number of furan rings is 1. The van der Waals surface area contributed by atoms with Crippen LogP contribution >= 0.6 is 11.8 Å². The van der Waals surface area contributed by atoms with Crippen LogP contribution in [-0.4, -0.2) is 22.2 Å². The molecule has 0 amide bonds. The lowest BCUT2D eigenvalue weighted by molar-refractivity contribution is 0.200. The summed E-state index contributed by atoms with van der Waals surface area (Å²) < 4.78 is 4.92. The van der Waals surface area contributed by atoms with Crippen LogP contribution in [0, 0.1) is 0 Å². The second-order valence-corrected chi connectivity index (χ2v) is 4.98. The van der Waals surface area contributed by atoms with Gasteiger partial charge in [-0.2, -0.15) is 11.8 Å². The molecule has 0 saturated heterocycles. The zero-order valence-corrected chi connectivity index (χ0v) is 8.88. The Hall–Kier alpha value is -0.410. The van der Waals surface area contributed by atoms with Crippen molar-refractivity contribution < 1.29 is 9.52 Å². The molecule has 1 atom stereocenters. The molecule has 0 fully saturated rings. The Morgan fingerprint density at radius 2 is 2.31 bits per heavy atom. The summed E-state index contributed by atoms with van der Waals surface area (Å²) in [5.74, 6) is 0.794. The van der Waals surface area contributed by atoms with Crippen molar-refractivity contribution in [3.05, 3.63) is 24.2 Å². The summed E-state index contributed by atoms with van der Waals surface area (Å²) in [7, 11) is 0. The molecule has 0 aliphatic heterocycles. The third kappa shape index (κ3) is 4.39. The molecule has 1 heterocycles. The van der Waals surface area contributed by atoms with Gasteiger partial charge >= 0.3 is 0 Å². The van der Waals surface area contributed by atoms with Gasteiger partial charge in [0.25, 0.3) is 0 Å². The van der Waals surface area contributed by atoms with Gasteiger partial charge in [-0.05, 0) is 16.9 Å². The molecule has 0 spiro atoms. The monoisotopic (exact) mass is 200 g/mol. The Bertz CT molecular complexity index is 219. The van der Waals surface area contributed by atoms with Gasteiger partial charge in [0.15, 0.2) is 0 Å². The average molecular weight is 200 g/mol. The molecule has 2 nitrogen and oxygen atoms in total. The summed E-state index contributed by atoms with van der Waals surface area (Å²) in [5.41, 5.74) is 1.07. The van der Waals surface area contributed by atoms with Crippen LogP contribution in [-0.2, 0) is 6.42 Å². The molecule has 0 aromatic carbocycles. The first kappa shape index (κ1) is 10.7. The van der Waals surface area contributed by atoms with E-state index in [4.69, 9.17) is 4.42 Å². The molecule has 0 bridgehead atoms. The molecule has 1 N–H and O–H groups in total. The van der Waals surface area contributed by atoms with Crippen molar-refractivity contribution in [3.63, 3.8) is 0 Å². The van der Waals surface area contributed by atoms with Crippen molar-refractivity contribution in [2.75, 3.05) is 5.75 Å². The Kier molecular flexibility index (Phi) is 4.39. The van der Waals surface area contributed by atoms with E-state index < -0.39 is 0 Å². The Balaban J connectivity index is 2.22. The van der Waals surface area contributed by atoms with E-state index >= 15 is 0 Å². The van der Waals surface area contributed by atoms with Crippen molar-refractivity contribution >= 4 is 11.8 Å². The maximum atomic E-state index is 9.61. The molecule has 0 saturated carbocycles. The standard InChI is InChI=1S/C10H16O2S/c1-8(2)13-7-10(11)5-9-3-4-12-6-9/h3-4,6,8,10-11H,5,7H2,1-2H3. The van der Waals surface area contributed by atoms with Crippen LogP contribution < -0.4 is 0 Å². The van der Waals surface area contributed by atoms with Crippen LogP contribution in [0.1, 0.15) is 19.4 Å². The average Bonchev–Trinajstić information content (AvgIpc) is 2.53. The fraction of sp³-hybridized carbons (Fsp3) is 0.600. The first-order valence-electron chi connectivity index (χ1n) is 4.49. The molecule has 13 heavy (non-hydrogen) atoms. The number of aliphatic hydroxyl groups is 1. The molecule has 74 valence electrons. The smallest absolute Gasteiger partial charge is 0.0935 e. The van der Waals surface area contributed by atoms with Crippen LogP contribution in [0.2, 0.25) is 0 Å². The molecule has 1 unspecified atom stereocenters. The predicted octanol–water partition coefficient (Wildman–Crippen LogP) is 2.32. The maximum absolute atomic E-state index is 9.61. The topological polar surface area (TPSA) is 33.4 Å². The fourth-order valence-corrected chi connectivity index (χ4v) is 1.77. The van der Waals surface area contributed by atoms with Gasteiger partial charge in [0.2, 0.25) is 0 Å². The molecule has 0 aliphatic carbocycles. The molecule has 0 radical (unpaired) electrons. The van der Waals surface area contributed by atoms with E-state index in [1.165, 1.54) is 0 Å². The first-order valence-corrected chi connectivity index (χ1v) is 5.54. The minimum atomic E-state index is -0.259. The van der Waals surface area contributed by atoms with Gasteiger partial charge in [0, 0.05) is 12.2 Å². The van der Waals surface area contributed by atoms with Crippen molar-refractivity contribution in [1.82, 2.24) is 0 Å². The van der Waals surface area contributed by atoms with Gasteiger partial charge in [0.05, 0.1) is 18.6 Å². The van der Waals surface area contributed by atoms with E-state index in [0.717, 1.165) is 11.3 Å². The number of hydrogen-bond acceptors (Lipinski definition) is 3. The first-order chi connectivity index (χ1) is 6.18. The highest BCUT2D eigenvalue weighted by atomic mass is 32.2. The second-order valence-electron chi connectivity index (χ2n) is 3.37.